The minimum absolute atomic E-state index is 0.161. The Morgan fingerprint density at radius 2 is 1.45 bits per heavy atom. The zero-order valence-corrected chi connectivity index (χ0v) is 16.4. The summed E-state index contributed by atoms with van der Waals surface area (Å²) in [6.45, 7) is 0.670. The van der Waals surface area contributed by atoms with Crippen molar-refractivity contribution in [3.8, 4) is 0 Å². The first kappa shape index (κ1) is 18.8. The second-order valence-electron chi connectivity index (χ2n) is 6.96. The Kier molecular flexibility index (Phi) is 5.57. The molecule has 0 saturated heterocycles. The lowest BCUT2D eigenvalue weighted by molar-refractivity contribution is -0.136. The van der Waals surface area contributed by atoms with Gasteiger partial charge in [-0.15, -0.1) is 0 Å². The smallest absolute Gasteiger partial charge is 0.336 e. The van der Waals surface area contributed by atoms with Gasteiger partial charge in [-0.2, -0.15) is 0 Å². The van der Waals surface area contributed by atoms with Crippen molar-refractivity contribution in [2.45, 2.75) is 12.5 Å². The molecule has 0 bridgehead atoms. The molecule has 1 unspecified atom stereocenters. The lowest BCUT2D eigenvalue weighted by Gasteiger charge is -2.33. The van der Waals surface area contributed by atoms with Gasteiger partial charge in [0.25, 0.3) is 0 Å². The Hall–Kier alpha value is -3.59. The first-order valence-electron chi connectivity index (χ1n) is 9.69. The van der Waals surface area contributed by atoms with Gasteiger partial charge in [-0.25, -0.2) is 4.79 Å². The first-order chi connectivity index (χ1) is 14.3. The van der Waals surface area contributed by atoms with E-state index in [1.165, 1.54) is 12.7 Å². The van der Waals surface area contributed by atoms with Crippen LogP contribution in [0.4, 0.5) is 0 Å². The fraction of sp³-hybridized carbons (Fsp3) is 0.115. The van der Waals surface area contributed by atoms with Gasteiger partial charge in [-0.1, -0.05) is 97.1 Å². The molecule has 0 N–H and O–H groups in total. The topological polar surface area (TPSA) is 29.5 Å². The van der Waals surface area contributed by atoms with Crippen LogP contribution >= 0.6 is 0 Å². The summed E-state index contributed by atoms with van der Waals surface area (Å²) >= 11 is 0. The molecule has 1 heterocycles. The lowest BCUT2D eigenvalue weighted by Crippen LogP contribution is -2.26. The Balaban J connectivity index is 1.87. The normalized spacial score (nSPS) is 16.0. The van der Waals surface area contributed by atoms with Crippen LogP contribution in [-0.2, 0) is 16.1 Å². The number of carbonyl (C=O) groups excluding carboxylic acids is 1. The molecule has 4 rings (SSSR count). The highest BCUT2D eigenvalue weighted by Gasteiger charge is 2.31. The van der Waals surface area contributed by atoms with Crippen LogP contribution in [0.1, 0.15) is 22.6 Å². The molecule has 29 heavy (non-hydrogen) atoms. The van der Waals surface area contributed by atoms with Gasteiger partial charge in [0.2, 0.25) is 0 Å². The largest absolute Gasteiger partial charge is 0.466 e. The molecule has 1 aliphatic heterocycles. The second-order valence-corrected chi connectivity index (χ2v) is 6.96. The van der Waals surface area contributed by atoms with Crippen LogP contribution in [0.15, 0.2) is 109 Å². The van der Waals surface area contributed by atoms with E-state index in [0.29, 0.717) is 12.1 Å². The number of esters is 1. The summed E-state index contributed by atoms with van der Waals surface area (Å²) in [4.78, 5) is 15.1. The summed E-state index contributed by atoms with van der Waals surface area (Å²) in [6, 6.07) is 30.4. The molecule has 0 amide bonds. The predicted molar refractivity (Wildman–Crippen MR) is 116 cm³/mol. The summed E-state index contributed by atoms with van der Waals surface area (Å²) in [6.07, 6.45) is 4.16. The molecule has 0 aliphatic carbocycles. The highest BCUT2D eigenvalue weighted by atomic mass is 16.5. The molecule has 3 aromatic carbocycles. The van der Waals surface area contributed by atoms with E-state index < -0.39 is 0 Å². The van der Waals surface area contributed by atoms with Crippen molar-refractivity contribution in [3.05, 3.63) is 126 Å². The Bertz CT molecular complexity index is 1020. The fourth-order valence-electron chi connectivity index (χ4n) is 3.76. The highest BCUT2D eigenvalue weighted by molar-refractivity contribution is 6.00. The molecule has 144 valence electrons. The third kappa shape index (κ3) is 3.99. The molecule has 0 saturated carbocycles. The van der Waals surface area contributed by atoms with Crippen LogP contribution < -0.4 is 0 Å². The Morgan fingerprint density at radius 3 is 2.07 bits per heavy atom. The van der Waals surface area contributed by atoms with Crippen molar-refractivity contribution < 1.29 is 9.53 Å². The van der Waals surface area contributed by atoms with Crippen molar-refractivity contribution in [2.75, 3.05) is 7.11 Å². The number of hydrogen-bond acceptors (Lipinski definition) is 3. The van der Waals surface area contributed by atoms with Crippen molar-refractivity contribution in [1.82, 2.24) is 4.90 Å². The summed E-state index contributed by atoms with van der Waals surface area (Å²) in [5.74, 6) is -0.467. The predicted octanol–water partition coefficient (Wildman–Crippen LogP) is 5.38. The van der Waals surface area contributed by atoms with E-state index >= 15 is 0 Å². The molecular weight excluding hydrogens is 358 g/mol. The van der Waals surface area contributed by atoms with E-state index in [4.69, 9.17) is 4.74 Å². The molecule has 0 aromatic heterocycles. The standard InChI is InChI=1S/C26H23NO2/c1-29-26(28)24-23(21-13-7-3-8-14-21)17-18-27(19-20-11-5-2-6-12-20)25(24)22-15-9-4-10-16-22/h2-18,23H,19H2,1H3. The minimum Gasteiger partial charge on any atom is -0.466 e. The number of methoxy groups -OCH3 is 1. The highest BCUT2D eigenvalue weighted by Crippen LogP contribution is 2.39. The van der Waals surface area contributed by atoms with E-state index in [2.05, 4.69) is 29.3 Å². The van der Waals surface area contributed by atoms with Crippen molar-refractivity contribution in [1.29, 1.82) is 0 Å². The van der Waals surface area contributed by atoms with Crippen LogP contribution in [0.25, 0.3) is 5.70 Å². The number of rotatable bonds is 5. The van der Waals surface area contributed by atoms with Crippen LogP contribution in [0, 0.1) is 0 Å². The van der Waals surface area contributed by atoms with Gasteiger partial charge < -0.3 is 9.64 Å². The van der Waals surface area contributed by atoms with E-state index in [0.717, 1.165) is 16.8 Å². The van der Waals surface area contributed by atoms with Crippen LogP contribution in [0.5, 0.6) is 0 Å². The number of carbonyl (C=O) groups is 1. The molecule has 1 aliphatic rings. The molecule has 3 aromatic rings. The molecule has 0 spiro atoms. The van der Waals surface area contributed by atoms with Crippen molar-refractivity contribution >= 4 is 11.7 Å². The minimum atomic E-state index is -0.305. The maximum atomic E-state index is 13.0. The third-order valence-corrected chi connectivity index (χ3v) is 5.12. The zero-order valence-electron chi connectivity index (χ0n) is 16.4. The summed E-state index contributed by atoms with van der Waals surface area (Å²) < 4.78 is 5.23. The molecule has 0 fully saturated rings. The SMILES string of the molecule is COC(=O)C1=C(c2ccccc2)N(Cc2ccccc2)C=CC1c1ccccc1. The number of allylic oxidation sites excluding steroid dienone is 1. The number of ether oxygens (including phenoxy) is 1. The van der Waals surface area contributed by atoms with Gasteiger partial charge in [0.1, 0.15) is 0 Å². The third-order valence-electron chi connectivity index (χ3n) is 5.12. The summed E-state index contributed by atoms with van der Waals surface area (Å²) in [5, 5.41) is 0. The van der Waals surface area contributed by atoms with E-state index in [1.807, 2.05) is 78.9 Å². The lowest BCUT2D eigenvalue weighted by atomic mass is 9.85. The Morgan fingerprint density at radius 1 is 0.862 bits per heavy atom. The summed E-state index contributed by atoms with van der Waals surface area (Å²) in [5.41, 5.74) is 4.78. The van der Waals surface area contributed by atoms with Gasteiger partial charge >= 0.3 is 5.97 Å². The molecule has 0 radical (unpaired) electrons. The number of nitrogens with zero attached hydrogens (tertiary/aromatic N) is 1. The average molecular weight is 381 g/mol. The molecule has 3 nitrogen and oxygen atoms in total. The molecular formula is C26H23NO2. The van der Waals surface area contributed by atoms with Crippen molar-refractivity contribution in [3.63, 3.8) is 0 Å². The van der Waals surface area contributed by atoms with E-state index in [9.17, 15) is 4.79 Å². The fourth-order valence-corrected chi connectivity index (χ4v) is 3.76. The van der Waals surface area contributed by atoms with Gasteiger partial charge in [-0.3, -0.25) is 0 Å². The Labute approximate surface area is 171 Å². The van der Waals surface area contributed by atoms with Gasteiger partial charge in [-0.05, 0) is 16.7 Å². The van der Waals surface area contributed by atoms with Gasteiger partial charge in [0, 0.05) is 18.7 Å². The van der Waals surface area contributed by atoms with Crippen LogP contribution in [0.3, 0.4) is 0 Å². The summed E-state index contributed by atoms with van der Waals surface area (Å²) in [7, 11) is 1.44. The second kappa shape index (κ2) is 8.61. The van der Waals surface area contributed by atoms with Crippen LogP contribution in [-0.4, -0.2) is 18.0 Å². The monoisotopic (exact) mass is 381 g/mol. The first-order valence-corrected chi connectivity index (χ1v) is 9.69. The number of benzene rings is 3. The number of hydrogen-bond donors (Lipinski definition) is 0. The zero-order chi connectivity index (χ0) is 20.1. The van der Waals surface area contributed by atoms with E-state index in [1.54, 1.807) is 0 Å². The van der Waals surface area contributed by atoms with Crippen molar-refractivity contribution in [2.24, 2.45) is 0 Å². The van der Waals surface area contributed by atoms with Crippen LogP contribution in [0.2, 0.25) is 0 Å². The molecule has 1 atom stereocenters. The maximum absolute atomic E-state index is 13.0. The van der Waals surface area contributed by atoms with E-state index in [-0.39, 0.29) is 11.9 Å². The maximum Gasteiger partial charge on any atom is 0.336 e. The van der Waals surface area contributed by atoms with Gasteiger partial charge in [0.05, 0.1) is 18.4 Å². The average Bonchev–Trinajstić information content (AvgIpc) is 2.80. The molecule has 3 heteroatoms. The van der Waals surface area contributed by atoms with Gasteiger partial charge in [0.15, 0.2) is 0 Å². The quantitative estimate of drug-likeness (QED) is 0.556.